The topological polar surface area (TPSA) is 67.8 Å². The number of aryl methyl sites for hydroxylation is 1. The molecule has 1 aromatic rings. The lowest BCUT2D eigenvalue weighted by Crippen LogP contribution is -2.21. The highest BCUT2D eigenvalue weighted by atomic mass is 35.5. The molecule has 0 saturated carbocycles. The van der Waals surface area contributed by atoms with E-state index in [0.717, 1.165) is 22.5 Å². The third kappa shape index (κ3) is 4.47. The van der Waals surface area contributed by atoms with Gasteiger partial charge < -0.3 is 5.32 Å². The van der Waals surface area contributed by atoms with Crippen molar-refractivity contribution in [2.45, 2.75) is 18.7 Å². The molecule has 0 aliphatic heterocycles. The number of hydrogen-bond acceptors (Lipinski definition) is 5. The molecule has 2 N–H and O–H groups in total. The summed E-state index contributed by atoms with van der Waals surface area (Å²) >= 11 is 6.49. The second-order valence-corrected chi connectivity index (χ2v) is 4.80. The Bertz CT molecular complexity index is 416. The molecule has 0 radical (unpaired) electrons. The summed E-state index contributed by atoms with van der Waals surface area (Å²) in [6.45, 7) is 3.61. The normalized spacial score (nSPS) is 12.2. The first-order valence-electron chi connectivity index (χ1n) is 5.20. The third-order valence-corrected chi connectivity index (χ3v) is 3.51. The highest BCUT2D eigenvalue weighted by Gasteiger charge is 2.12. The van der Waals surface area contributed by atoms with Crippen LogP contribution in [0.25, 0.3) is 0 Å². The minimum atomic E-state index is -0.243. The van der Waals surface area contributed by atoms with Crippen LogP contribution in [0.5, 0.6) is 0 Å². The van der Waals surface area contributed by atoms with Crippen LogP contribution in [0.1, 0.15) is 12.5 Å². The molecule has 0 aliphatic rings. The average molecular weight is 292 g/mol. The molecule has 1 atom stereocenters. The lowest BCUT2D eigenvalue weighted by molar-refractivity contribution is -0.432. The quantitative estimate of drug-likeness (QED) is 0.364. The van der Waals surface area contributed by atoms with Crippen LogP contribution < -0.4 is 5.32 Å². The SMILES string of the molecule is Cc1cc(NC(=O)C(C)CCl)ccc1SOOO. The van der Waals surface area contributed by atoms with E-state index in [1.54, 1.807) is 25.1 Å². The second kappa shape index (κ2) is 7.60. The molecule has 18 heavy (non-hydrogen) atoms. The van der Waals surface area contributed by atoms with Crippen LogP contribution in [-0.4, -0.2) is 17.0 Å². The van der Waals surface area contributed by atoms with Crippen LogP contribution in [0.2, 0.25) is 0 Å². The minimum Gasteiger partial charge on any atom is -0.326 e. The van der Waals surface area contributed by atoms with Crippen molar-refractivity contribution in [1.29, 1.82) is 0 Å². The van der Waals surface area contributed by atoms with Crippen LogP contribution in [-0.2, 0) is 14.2 Å². The van der Waals surface area contributed by atoms with Crippen LogP contribution in [0.15, 0.2) is 23.1 Å². The van der Waals surface area contributed by atoms with Crippen molar-refractivity contribution in [3.63, 3.8) is 0 Å². The smallest absolute Gasteiger partial charge is 0.228 e. The first-order chi connectivity index (χ1) is 8.58. The van der Waals surface area contributed by atoms with E-state index in [2.05, 4.69) is 14.7 Å². The molecule has 0 fully saturated rings. The summed E-state index contributed by atoms with van der Waals surface area (Å²) in [6, 6.07) is 5.27. The van der Waals surface area contributed by atoms with Crippen molar-refractivity contribution in [2.24, 2.45) is 5.92 Å². The average Bonchev–Trinajstić information content (AvgIpc) is 2.36. The van der Waals surface area contributed by atoms with Crippen molar-refractivity contribution >= 4 is 35.2 Å². The number of rotatable bonds is 6. The Balaban J connectivity index is 2.69. The zero-order valence-corrected chi connectivity index (χ0v) is 11.5. The fourth-order valence-electron chi connectivity index (χ4n) is 1.21. The van der Waals surface area contributed by atoms with Crippen molar-refractivity contribution in [2.75, 3.05) is 11.2 Å². The van der Waals surface area contributed by atoms with Crippen molar-refractivity contribution in [1.82, 2.24) is 0 Å². The van der Waals surface area contributed by atoms with Gasteiger partial charge in [0.05, 0.1) is 12.0 Å². The van der Waals surface area contributed by atoms with Gasteiger partial charge in [-0.3, -0.25) is 4.79 Å². The van der Waals surface area contributed by atoms with E-state index in [1.807, 2.05) is 6.92 Å². The van der Waals surface area contributed by atoms with Gasteiger partial charge in [-0.2, -0.15) is 0 Å². The van der Waals surface area contributed by atoms with Gasteiger partial charge in [0.2, 0.25) is 5.91 Å². The fraction of sp³-hybridized carbons (Fsp3) is 0.364. The number of anilines is 1. The van der Waals surface area contributed by atoms with Crippen LogP contribution >= 0.6 is 23.6 Å². The van der Waals surface area contributed by atoms with Crippen molar-refractivity contribution in [3.8, 4) is 0 Å². The number of benzene rings is 1. The van der Waals surface area contributed by atoms with Gasteiger partial charge in [-0.15, -0.1) is 15.9 Å². The van der Waals surface area contributed by atoms with Gasteiger partial charge >= 0.3 is 0 Å². The number of carbonyl (C=O) groups excluding carboxylic acids is 1. The monoisotopic (exact) mass is 291 g/mol. The Morgan fingerprint density at radius 3 is 2.89 bits per heavy atom. The van der Waals surface area contributed by atoms with E-state index >= 15 is 0 Å². The number of hydrogen-bond donors (Lipinski definition) is 2. The summed E-state index contributed by atoms with van der Waals surface area (Å²) in [5.41, 5.74) is 1.57. The van der Waals surface area contributed by atoms with Gasteiger partial charge in [0.25, 0.3) is 0 Å². The molecule has 7 heteroatoms. The Kier molecular flexibility index (Phi) is 6.45. The number of halogens is 1. The van der Waals surface area contributed by atoms with Gasteiger partial charge in [0.1, 0.15) is 0 Å². The van der Waals surface area contributed by atoms with Gasteiger partial charge in [-0.25, -0.2) is 5.26 Å². The van der Waals surface area contributed by atoms with Gasteiger partial charge in [-0.1, -0.05) is 12.0 Å². The van der Waals surface area contributed by atoms with E-state index < -0.39 is 0 Å². The molecule has 1 unspecified atom stereocenters. The second-order valence-electron chi connectivity index (χ2n) is 3.75. The van der Waals surface area contributed by atoms with E-state index in [4.69, 9.17) is 16.9 Å². The summed E-state index contributed by atoms with van der Waals surface area (Å²) in [7, 11) is 0. The Morgan fingerprint density at radius 1 is 1.61 bits per heavy atom. The molecule has 0 spiro atoms. The molecule has 1 rings (SSSR count). The molecule has 0 aliphatic carbocycles. The molecule has 0 bridgehead atoms. The fourth-order valence-corrected chi connectivity index (χ4v) is 1.77. The van der Waals surface area contributed by atoms with Gasteiger partial charge in [0.15, 0.2) is 0 Å². The summed E-state index contributed by atoms with van der Waals surface area (Å²) in [5, 5.41) is 14.4. The molecule has 1 aromatic carbocycles. The predicted octanol–water partition coefficient (Wildman–Crippen LogP) is 3.24. The highest BCUT2D eigenvalue weighted by molar-refractivity contribution is 7.94. The van der Waals surface area contributed by atoms with Crippen molar-refractivity contribution in [3.05, 3.63) is 23.8 Å². The number of carbonyl (C=O) groups is 1. The highest BCUT2D eigenvalue weighted by Crippen LogP contribution is 2.26. The predicted molar refractivity (Wildman–Crippen MR) is 70.3 cm³/mol. The number of alkyl halides is 1. The maximum absolute atomic E-state index is 11.6. The molecule has 5 nitrogen and oxygen atoms in total. The molecular formula is C11H14ClNO4S. The maximum Gasteiger partial charge on any atom is 0.228 e. The van der Waals surface area contributed by atoms with E-state index in [1.165, 1.54) is 0 Å². The van der Waals surface area contributed by atoms with Crippen LogP contribution in [0, 0.1) is 12.8 Å². The zero-order valence-electron chi connectivity index (χ0n) is 9.97. The number of nitrogens with one attached hydrogen (secondary N) is 1. The Labute approximate surface area is 114 Å². The first kappa shape index (κ1) is 15.3. The number of amides is 1. The van der Waals surface area contributed by atoms with Gasteiger partial charge in [0, 0.05) is 22.4 Å². The minimum absolute atomic E-state index is 0.125. The largest absolute Gasteiger partial charge is 0.326 e. The summed E-state index contributed by atoms with van der Waals surface area (Å²) in [4.78, 5) is 12.4. The maximum atomic E-state index is 11.6. The standard InChI is InChI=1S/C11H14ClNO4S/c1-7-5-9(13-11(14)8(2)6-12)3-4-10(7)18-17-16-15/h3-5,8,15H,6H2,1-2H3,(H,13,14). The Hall–Kier alpha value is -0.790. The summed E-state index contributed by atoms with van der Waals surface area (Å²) in [6.07, 6.45) is 0. The van der Waals surface area contributed by atoms with Crippen LogP contribution in [0.3, 0.4) is 0 Å². The van der Waals surface area contributed by atoms with E-state index in [9.17, 15) is 4.79 Å². The van der Waals surface area contributed by atoms with E-state index in [-0.39, 0.29) is 17.7 Å². The molecule has 1 amide bonds. The molecule has 0 heterocycles. The van der Waals surface area contributed by atoms with Gasteiger partial charge in [-0.05, 0) is 30.7 Å². The molecule has 0 aromatic heterocycles. The molecular weight excluding hydrogens is 278 g/mol. The Morgan fingerprint density at radius 2 is 2.33 bits per heavy atom. The molecule has 100 valence electrons. The summed E-state index contributed by atoms with van der Waals surface area (Å²) < 4.78 is 4.34. The van der Waals surface area contributed by atoms with Crippen molar-refractivity contribution < 1.29 is 19.4 Å². The lowest BCUT2D eigenvalue weighted by Gasteiger charge is -2.11. The first-order valence-corrected chi connectivity index (χ1v) is 6.48. The lowest BCUT2D eigenvalue weighted by atomic mass is 10.2. The summed E-state index contributed by atoms with van der Waals surface area (Å²) in [5.74, 6) is -0.0904. The van der Waals surface area contributed by atoms with Crippen LogP contribution in [0.4, 0.5) is 5.69 Å². The molecule has 0 saturated heterocycles. The van der Waals surface area contributed by atoms with E-state index in [0.29, 0.717) is 5.69 Å². The third-order valence-electron chi connectivity index (χ3n) is 2.28. The zero-order chi connectivity index (χ0) is 13.5.